The lowest BCUT2D eigenvalue weighted by molar-refractivity contribution is 0.669. The van der Waals surface area contributed by atoms with E-state index in [0.29, 0.717) is 5.82 Å². The zero-order valence-corrected chi connectivity index (χ0v) is 25.5. The zero-order chi connectivity index (χ0) is 30.8. The molecule has 0 saturated carbocycles. The number of para-hydroxylation sites is 3. The van der Waals surface area contributed by atoms with Gasteiger partial charge < -0.3 is 8.98 Å². The molecule has 0 aliphatic rings. The Morgan fingerprint density at radius 1 is 0.500 bits per heavy atom. The molecule has 0 aliphatic carbocycles. The average Bonchev–Trinajstić information content (AvgIpc) is 3.64. The van der Waals surface area contributed by atoms with E-state index in [0.717, 1.165) is 61.3 Å². The van der Waals surface area contributed by atoms with Crippen LogP contribution in [0, 0.1) is 13.8 Å². The molecule has 0 unspecified atom stereocenters. The molecule has 0 amide bonds. The van der Waals surface area contributed by atoms with E-state index in [2.05, 4.69) is 140 Å². The molecular formula is C42H29N3O. The quantitative estimate of drug-likeness (QED) is 0.204. The zero-order valence-electron chi connectivity index (χ0n) is 25.5. The molecule has 9 aromatic rings. The number of hydrogen-bond acceptors (Lipinski definition) is 3. The highest BCUT2D eigenvalue weighted by Crippen LogP contribution is 2.40. The van der Waals surface area contributed by atoms with Gasteiger partial charge in [0.2, 0.25) is 0 Å². The molecule has 3 heterocycles. The van der Waals surface area contributed by atoms with Crippen LogP contribution >= 0.6 is 0 Å². The first-order valence-corrected chi connectivity index (χ1v) is 15.6. The van der Waals surface area contributed by atoms with Gasteiger partial charge >= 0.3 is 0 Å². The van der Waals surface area contributed by atoms with E-state index in [1.54, 1.807) is 0 Å². The minimum atomic E-state index is 0.707. The van der Waals surface area contributed by atoms with Crippen LogP contribution in [-0.2, 0) is 0 Å². The molecular weight excluding hydrogens is 562 g/mol. The number of rotatable bonds is 4. The maximum Gasteiger partial charge on any atom is 0.159 e. The summed E-state index contributed by atoms with van der Waals surface area (Å²) in [4.78, 5) is 9.84. The smallest absolute Gasteiger partial charge is 0.159 e. The monoisotopic (exact) mass is 591 g/mol. The Kier molecular flexibility index (Phi) is 5.90. The van der Waals surface area contributed by atoms with Gasteiger partial charge in [-0.15, -0.1) is 0 Å². The molecule has 4 heteroatoms. The highest BCUT2D eigenvalue weighted by atomic mass is 16.3. The highest BCUT2D eigenvalue weighted by molar-refractivity contribution is 6.14. The SMILES string of the molecule is Cc1nc(-c2ccc3c(c2)oc2cc(-c4cccc5c6ccccc6n(-c6ccccc6)c45)ccc23)nc(C)c1-c1ccccc1. The lowest BCUT2D eigenvalue weighted by Gasteiger charge is -2.11. The lowest BCUT2D eigenvalue weighted by atomic mass is 10.00. The van der Waals surface area contributed by atoms with E-state index in [4.69, 9.17) is 14.4 Å². The van der Waals surface area contributed by atoms with Gasteiger partial charge in [-0.3, -0.25) is 0 Å². The first kappa shape index (κ1) is 26.4. The average molecular weight is 592 g/mol. The van der Waals surface area contributed by atoms with Crippen LogP contribution in [0.5, 0.6) is 0 Å². The molecule has 0 saturated heterocycles. The number of aromatic nitrogens is 3. The third-order valence-electron chi connectivity index (χ3n) is 9.08. The molecule has 0 fully saturated rings. The summed E-state index contributed by atoms with van der Waals surface area (Å²) in [6, 6.07) is 49.0. The van der Waals surface area contributed by atoms with E-state index in [-0.39, 0.29) is 0 Å². The number of aryl methyl sites for hydroxylation is 2. The van der Waals surface area contributed by atoms with Crippen molar-refractivity contribution in [1.82, 2.24) is 14.5 Å². The van der Waals surface area contributed by atoms with Crippen LogP contribution in [0.2, 0.25) is 0 Å². The number of hydrogen-bond donors (Lipinski definition) is 0. The number of fused-ring (bicyclic) bond motifs is 6. The molecule has 6 aromatic carbocycles. The van der Waals surface area contributed by atoms with Crippen LogP contribution in [0.3, 0.4) is 0 Å². The van der Waals surface area contributed by atoms with E-state index in [1.165, 1.54) is 27.4 Å². The van der Waals surface area contributed by atoms with Gasteiger partial charge in [0.25, 0.3) is 0 Å². The lowest BCUT2D eigenvalue weighted by Crippen LogP contribution is -1.99. The number of benzene rings is 6. The largest absolute Gasteiger partial charge is 0.456 e. The second kappa shape index (κ2) is 10.3. The minimum absolute atomic E-state index is 0.707. The fraction of sp³-hybridized carbons (Fsp3) is 0.0476. The van der Waals surface area contributed by atoms with Gasteiger partial charge in [-0.2, -0.15) is 0 Å². The summed E-state index contributed by atoms with van der Waals surface area (Å²) in [5.74, 6) is 0.707. The van der Waals surface area contributed by atoms with Gasteiger partial charge in [-0.1, -0.05) is 97.1 Å². The summed E-state index contributed by atoms with van der Waals surface area (Å²) < 4.78 is 8.93. The predicted molar refractivity (Wildman–Crippen MR) is 189 cm³/mol. The van der Waals surface area contributed by atoms with Gasteiger partial charge in [0.05, 0.1) is 11.0 Å². The maximum absolute atomic E-state index is 6.55. The second-order valence-corrected chi connectivity index (χ2v) is 11.9. The van der Waals surface area contributed by atoms with Crippen LogP contribution in [0.1, 0.15) is 11.4 Å². The van der Waals surface area contributed by atoms with Crippen LogP contribution in [0.25, 0.3) is 83.1 Å². The fourth-order valence-electron chi connectivity index (χ4n) is 7.05. The molecule has 46 heavy (non-hydrogen) atoms. The minimum Gasteiger partial charge on any atom is -0.456 e. The highest BCUT2D eigenvalue weighted by Gasteiger charge is 2.18. The van der Waals surface area contributed by atoms with Gasteiger partial charge in [0.1, 0.15) is 11.2 Å². The third kappa shape index (κ3) is 4.07. The topological polar surface area (TPSA) is 43.9 Å². The van der Waals surface area contributed by atoms with Crippen molar-refractivity contribution in [3.63, 3.8) is 0 Å². The summed E-state index contributed by atoms with van der Waals surface area (Å²) in [5.41, 5.74) is 12.6. The molecule has 3 aromatic heterocycles. The van der Waals surface area contributed by atoms with Crippen molar-refractivity contribution >= 4 is 43.7 Å². The molecule has 0 N–H and O–H groups in total. The summed E-state index contributed by atoms with van der Waals surface area (Å²) >= 11 is 0. The van der Waals surface area contributed by atoms with E-state index in [1.807, 2.05) is 18.2 Å². The molecule has 218 valence electrons. The summed E-state index contributed by atoms with van der Waals surface area (Å²) in [6.45, 7) is 4.11. The van der Waals surface area contributed by atoms with Crippen molar-refractivity contribution in [2.45, 2.75) is 13.8 Å². The van der Waals surface area contributed by atoms with E-state index < -0.39 is 0 Å². The van der Waals surface area contributed by atoms with Crippen LogP contribution in [-0.4, -0.2) is 14.5 Å². The molecule has 4 nitrogen and oxygen atoms in total. The second-order valence-electron chi connectivity index (χ2n) is 11.9. The number of nitrogens with zero attached hydrogens (tertiary/aromatic N) is 3. The molecule has 0 radical (unpaired) electrons. The molecule has 0 aliphatic heterocycles. The van der Waals surface area contributed by atoms with Crippen molar-refractivity contribution in [2.24, 2.45) is 0 Å². The Morgan fingerprint density at radius 2 is 1.11 bits per heavy atom. The Bertz CT molecular complexity index is 2570. The summed E-state index contributed by atoms with van der Waals surface area (Å²) in [7, 11) is 0. The van der Waals surface area contributed by atoms with Gasteiger partial charge in [0, 0.05) is 55.3 Å². The summed E-state index contributed by atoms with van der Waals surface area (Å²) in [6.07, 6.45) is 0. The fourth-order valence-corrected chi connectivity index (χ4v) is 7.05. The number of furan rings is 1. The third-order valence-corrected chi connectivity index (χ3v) is 9.08. The standard InChI is InChI=1S/C42H29N3O/c1-26-40(28-12-5-3-6-13-28)27(2)44-42(43-26)30-21-23-35-34-22-20-29(24-38(34)46-39(35)25-30)32-17-11-18-36-33-16-9-10-19-37(33)45(41(32)36)31-14-7-4-8-15-31/h3-25H,1-2H3. The van der Waals surface area contributed by atoms with Crippen molar-refractivity contribution in [3.05, 3.63) is 151 Å². The first-order valence-electron chi connectivity index (χ1n) is 15.6. The molecule has 0 spiro atoms. The first-order chi connectivity index (χ1) is 22.6. The van der Waals surface area contributed by atoms with Crippen LogP contribution in [0.15, 0.2) is 144 Å². The Balaban J connectivity index is 1.18. The van der Waals surface area contributed by atoms with Crippen molar-refractivity contribution < 1.29 is 4.42 Å². The molecule has 0 bridgehead atoms. The van der Waals surface area contributed by atoms with Crippen molar-refractivity contribution in [2.75, 3.05) is 0 Å². The van der Waals surface area contributed by atoms with E-state index >= 15 is 0 Å². The molecule has 9 rings (SSSR count). The van der Waals surface area contributed by atoms with Gasteiger partial charge in [-0.05, 0) is 67.4 Å². The normalized spacial score (nSPS) is 11.7. The van der Waals surface area contributed by atoms with Crippen molar-refractivity contribution in [3.8, 4) is 39.3 Å². The Labute approximate surface area is 266 Å². The maximum atomic E-state index is 6.55. The molecule has 0 atom stereocenters. The van der Waals surface area contributed by atoms with Crippen molar-refractivity contribution in [1.29, 1.82) is 0 Å². The Morgan fingerprint density at radius 3 is 1.85 bits per heavy atom. The summed E-state index contributed by atoms with van der Waals surface area (Å²) in [5, 5.41) is 4.64. The van der Waals surface area contributed by atoms with Crippen LogP contribution in [0.4, 0.5) is 0 Å². The van der Waals surface area contributed by atoms with Gasteiger partial charge in [-0.25, -0.2) is 9.97 Å². The van der Waals surface area contributed by atoms with Crippen LogP contribution < -0.4 is 0 Å². The Hall–Kier alpha value is -6.00. The van der Waals surface area contributed by atoms with E-state index in [9.17, 15) is 0 Å². The van der Waals surface area contributed by atoms with Gasteiger partial charge in [0.15, 0.2) is 5.82 Å². The predicted octanol–water partition coefficient (Wildman–Crippen LogP) is 11.1.